The van der Waals surface area contributed by atoms with Crippen LogP contribution in [0.5, 0.6) is 0 Å². The molecule has 0 saturated carbocycles. The number of piperidine rings is 1. The van der Waals surface area contributed by atoms with Gasteiger partial charge in [0.2, 0.25) is 0 Å². The first-order valence-corrected chi connectivity index (χ1v) is 8.11. The molecular formula is C17H26ClNO. The van der Waals surface area contributed by atoms with Crippen LogP contribution in [-0.4, -0.2) is 18.2 Å². The lowest BCUT2D eigenvalue weighted by Crippen LogP contribution is -2.39. The highest BCUT2D eigenvalue weighted by Gasteiger charge is 2.31. The summed E-state index contributed by atoms with van der Waals surface area (Å²) < 4.78 is 0. The highest BCUT2D eigenvalue weighted by atomic mass is 35.5. The molecule has 20 heavy (non-hydrogen) atoms. The zero-order valence-electron chi connectivity index (χ0n) is 12.8. The van der Waals surface area contributed by atoms with E-state index in [-0.39, 0.29) is 0 Å². The van der Waals surface area contributed by atoms with Gasteiger partial charge in [-0.25, -0.2) is 0 Å². The standard InChI is InChI=1S/C17H26ClNO/c1-4-17(5-2)8-10-19(11-9-17)16-7-6-14(13(3)20)12-15(16)18/h6-7,12-13,20H,4-5,8-11H2,1-3H3/t13-/m0/s1. The number of halogens is 1. The van der Waals surface area contributed by atoms with Crippen molar-refractivity contribution in [1.82, 2.24) is 0 Å². The second-order valence-electron chi connectivity index (χ2n) is 6.08. The minimum atomic E-state index is -0.462. The van der Waals surface area contributed by atoms with E-state index in [1.54, 1.807) is 6.92 Å². The summed E-state index contributed by atoms with van der Waals surface area (Å²) >= 11 is 6.39. The number of nitrogens with zero attached hydrogens (tertiary/aromatic N) is 1. The van der Waals surface area contributed by atoms with Crippen LogP contribution in [-0.2, 0) is 0 Å². The second-order valence-corrected chi connectivity index (χ2v) is 6.49. The number of rotatable bonds is 4. The summed E-state index contributed by atoms with van der Waals surface area (Å²) in [7, 11) is 0. The van der Waals surface area contributed by atoms with Gasteiger partial charge in [0.15, 0.2) is 0 Å². The van der Waals surface area contributed by atoms with Gasteiger partial charge in [-0.2, -0.15) is 0 Å². The first-order valence-electron chi connectivity index (χ1n) is 7.74. The molecule has 1 heterocycles. The Morgan fingerprint density at radius 1 is 1.25 bits per heavy atom. The third-order valence-corrected chi connectivity index (χ3v) is 5.42. The quantitative estimate of drug-likeness (QED) is 0.862. The Labute approximate surface area is 127 Å². The normalized spacial score (nSPS) is 19.9. The van der Waals surface area contributed by atoms with E-state index in [1.165, 1.54) is 25.7 Å². The molecule has 3 heteroatoms. The lowest BCUT2D eigenvalue weighted by molar-refractivity contribution is 0.198. The summed E-state index contributed by atoms with van der Waals surface area (Å²) in [5.74, 6) is 0. The van der Waals surface area contributed by atoms with Gasteiger partial charge >= 0.3 is 0 Å². The van der Waals surface area contributed by atoms with Gasteiger partial charge in [0, 0.05) is 13.1 Å². The van der Waals surface area contributed by atoms with Crippen LogP contribution in [0.2, 0.25) is 5.02 Å². The zero-order valence-corrected chi connectivity index (χ0v) is 13.6. The fourth-order valence-corrected chi connectivity index (χ4v) is 3.53. The molecule has 112 valence electrons. The summed E-state index contributed by atoms with van der Waals surface area (Å²) in [6.45, 7) is 8.54. The molecule has 1 aromatic rings. The monoisotopic (exact) mass is 295 g/mol. The summed E-state index contributed by atoms with van der Waals surface area (Å²) in [6, 6.07) is 5.92. The molecule has 0 spiro atoms. The molecule has 2 rings (SSSR count). The molecule has 0 aromatic heterocycles. The Balaban J connectivity index is 2.11. The van der Waals surface area contributed by atoms with Crippen molar-refractivity contribution in [3.05, 3.63) is 28.8 Å². The molecule has 1 aromatic carbocycles. The lowest BCUT2D eigenvalue weighted by atomic mass is 9.74. The highest BCUT2D eigenvalue weighted by Crippen LogP contribution is 2.40. The van der Waals surface area contributed by atoms with E-state index in [4.69, 9.17) is 11.6 Å². The molecule has 0 aliphatic carbocycles. The maximum absolute atomic E-state index is 9.61. The topological polar surface area (TPSA) is 23.5 Å². The summed E-state index contributed by atoms with van der Waals surface area (Å²) in [6.07, 6.45) is 4.57. The maximum Gasteiger partial charge on any atom is 0.0762 e. The van der Waals surface area contributed by atoms with Gasteiger partial charge < -0.3 is 10.0 Å². The molecule has 1 saturated heterocycles. The Kier molecular flexibility index (Phi) is 4.98. The molecule has 2 nitrogen and oxygen atoms in total. The Bertz CT molecular complexity index is 444. The van der Waals surface area contributed by atoms with E-state index < -0.39 is 6.10 Å². The second kappa shape index (κ2) is 6.36. The van der Waals surface area contributed by atoms with Crippen LogP contribution >= 0.6 is 11.6 Å². The number of benzene rings is 1. The number of aliphatic hydroxyl groups is 1. The minimum absolute atomic E-state index is 0.462. The summed E-state index contributed by atoms with van der Waals surface area (Å²) in [4.78, 5) is 2.39. The van der Waals surface area contributed by atoms with Crippen molar-refractivity contribution < 1.29 is 5.11 Å². The number of aliphatic hydroxyl groups excluding tert-OH is 1. The Morgan fingerprint density at radius 3 is 2.30 bits per heavy atom. The van der Waals surface area contributed by atoms with E-state index in [0.717, 1.165) is 29.4 Å². The average molecular weight is 296 g/mol. The van der Waals surface area contributed by atoms with Crippen LogP contribution in [0.1, 0.15) is 58.1 Å². The van der Waals surface area contributed by atoms with Gasteiger partial charge in [0.1, 0.15) is 0 Å². The van der Waals surface area contributed by atoms with E-state index in [2.05, 4.69) is 24.8 Å². The van der Waals surface area contributed by atoms with Crippen LogP contribution in [0, 0.1) is 5.41 Å². The number of hydrogen-bond acceptors (Lipinski definition) is 2. The van der Waals surface area contributed by atoms with Crippen LogP contribution in [0.3, 0.4) is 0 Å². The van der Waals surface area contributed by atoms with Crippen molar-refractivity contribution in [3.63, 3.8) is 0 Å². The van der Waals surface area contributed by atoms with Crippen molar-refractivity contribution in [2.45, 2.75) is 52.6 Å². The van der Waals surface area contributed by atoms with Gasteiger partial charge in [-0.1, -0.05) is 44.4 Å². The molecule has 1 fully saturated rings. The molecule has 1 N–H and O–H groups in total. The van der Waals surface area contributed by atoms with E-state index in [1.807, 2.05) is 12.1 Å². The van der Waals surface area contributed by atoms with E-state index in [9.17, 15) is 5.11 Å². The fraction of sp³-hybridized carbons (Fsp3) is 0.647. The van der Waals surface area contributed by atoms with Crippen LogP contribution in [0.15, 0.2) is 18.2 Å². The SMILES string of the molecule is CCC1(CC)CCN(c2ccc([C@H](C)O)cc2Cl)CC1. The minimum Gasteiger partial charge on any atom is -0.389 e. The smallest absolute Gasteiger partial charge is 0.0762 e. The first kappa shape index (κ1) is 15.7. The summed E-state index contributed by atoms with van der Waals surface area (Å²) in [5.41, 5.74) is 2.52. The molecule has 1 aliphatic rings. The number of anilines is 1. The van der Waals surface area contributed by atoms with Crippen molar-refractivity contribution in [2.24, 2.45) is 5.41 Å². The van der Waals surface area contributed by atoms with Crippen LogP contribution in [0.4, 0.5) is 5.69 Å². The third kappa shape index (κ3) is 3.12. The molecular weight excluding hydrogens is 270 g/mol. The largest absolute Gasteiger partial charge is 0.389 e. The maximum atomic E-state index is 9.61. The molecule has 0 unspecified atom stereocenters. The predicted molar refractivity (Wildman–Crippen MR) is 86.5 cm³/mol. The average Bonchev–Trinajstić information content (AvgIpc) is 2.47. The van der Waals surface area contributed by atoms with E-state index >= 15 is 0 Å². The van der Waals surface area contributed by atoms with Gasteiger partial charge in [0.25, 0.3) is 0 Å². The van der Waals surface area contributed by atoms with Crippen LogP contribution in [0.25, 0.3) is 0 Å². The number of hydrogen-bond donors (Lipinski definition) is 1. The van der Waals surface area contributed by atoms with Crippen molar-refractivity contribution in [3.8, 4) is 0 Å². The van der Waals surface area contributed by atoms with Crippen molar-refractivity contribution >= 4 is 17.3 Å². The van der Waals surface area contributed by atoms with Gasteiger partial charge in [-0.15, -0.1) is 0 Å². The summed E-state index contributed by atoms with van der Waals surface area (Å²) in [5, 5.41) is 10.4. The highest BCUT2D eigenvalue weighted by molar-refractivity contribution is 6.33. The van der Waals surface area contributed by atoms with E-state index in [0.29, 0.717) is 5.41 Å². The zero-order chi connectivity index (χ0) is 14.8. The van der Waals surface area contributed by atoms with Crippen molar-refractivity contribution in [2.75, 3.05) is 18.0 Å². The third-order valence-electron chi connectivity index (χ3n) is 5.12. The molecule has 0 amide bonds. The van der Waals surface area contributed by atoms with Gasteiger partial charge in [-0.05, 0) is 42.9 Å². The fourth-order valence-electron chi connectivity index (χ4n) is 3.22. The molecule has 1 aliphatic heterocycles. The predicted octanol–water partition coefficient (Wildman–Crippen LogP) is 4.80. The Hall–Kier alpha value is -0.730. The molecule has 0 bridgehead atoms. The molecule has 0 radical (unpaired) electrons. The molecule has 1 atom stereocenters. The lowest BCUT2D eigenvalue weighted by Gasteiger charge is -2.42. The Morgan fingerprint density at radius 2 is 1.85 bits per heavy atom. The van der Waals surface area contributed by atoms with Gasteiger partial charge in [-0.3, -0.25) is 0 Å². The van der Waals surface area contributed by atoms with Crippen molar-refractivity contribution in [1.29, 1.82) is 0 Å². The first-order chi connectivity index (χ1) is 9.51. The van der Waals surface area contributed by atoms with Crippen LogP contribution < -0.4 is 4.90 Å². The van der Waals surface area contributed by atoms with Gasteiger partial charge in [0.05, 0.1) is 16.8 Å².